The van der Waals surface area contributed by atoms with Crippen LogP contribution in [0.15, 0.2) is 36.8 Å². The number of aryl methyl sites for hydroxylation is 1. The minimum Gasteiger partial charge on any atom is -0.373 e. The number of hydrogen-bond donors (Lipinski definition) is 2. The second-order valence-electron chi connectivity index (χ2n) is 9.80. The van der Waals surface area contributed by atoms with Crippen LogP contribution in [0.25, 0.3) is 11.0 Å². The standard InChI is InChI=1S/C25H29ClN6O/c1-15-10-18(26)12-19(11-15)30-22(17-2-3-17)25(33)31-8-5-16-6-9-32(21(16)13-31)24-20-4-7-27-23(20)28-14-29-24/h4,7,10-12,14,16-17,21-22,30H,2-3,5-6,8-9,13H2,1H3,(H,27,28,29). The van der Waals surface area contributed by atoms with Crippen LogP contribution in [0, 0.1) is 18.8 Å². The van der Waals surface area contributed by atoms with Crippen LogP contribution in [0.3, 0.4) is 0 Å². The third kappa shape index (κ3) is 3.92. The molecule has 2 N–H and O–H groups in total. The van der Waals surface area contributed by atoms with Crippen molar-refractivity contribution in [1.82, 2.24) is 19.9 Å². The fourth-order valence-corrected chi connectivity index (χ4v) is 5.99. The fraction of sp³-hybridized carbons (Fsp3) is 0.480. The summed E-state index contributed by atoms with van der Waals surface area (Å²) in [6, 6.07) is 8.07. The average molecular weight is 465 g/mol. The molecule has 1 aliphatic carbocycles. The Kier molecular flexibility index (Phi) is 5.17. The molecule has 1 saturated carbocycles. The molecule has 4 heterocycles. The third-order valence-corrected chi connectivity index (χ3v) is 7.72. The maximum absolute atomic E-state index is 13.7. The lowest BCUT2D eigenvalue weighted by atomic mass is 9.91. The number of hydrogen-bond acceptors (Lipinski definition) is 5. The minimum atomic E-state index is -0.190. The first kappa shape index (κ1) is 20.8. The second-order valence-corrected chi connectivity index (χ2v) is 10.2. The first-order chi connectivity index (χ1) is 16.1. The number of carbonyl (C=O) groups excluding carboxylic acids is 1. The average Bonchev–Trinajstić information content (AvgIpc) is 3.36. The Morgan fingerprint density at radius 2 is 2.03 bits per heavy atom. The molecule has 0 bridgehead atoms. The molecule has 3 aromatic rings. The van der Waals surface area contributed by atoms with Crippen molar-refractivity contribution < 1.29 is 4.79 Å². The van der Waals surface area contributed by atoms with Crippen LogP contribution in [-0.4, -0.2) is 57.5 Å². The van der Waals surface area contributed by atoms with E-state index in [1.54, 1.807) is 6.33 Å². The van der Waals surface area contributed by atoms with Crippen LogP contribution in [0.2, 0.25) is 5.02 Å². The molecular formula is C25H29ClN6O. The molecule has 3 unspecified atom stereocenters. The van der Waals surface area contributed by atoms with Crippen LogP contribution in [0.4, 0.5) is 11.5 Å². The molecule has 3 atom stereocenters. The van der Waals surface area contributed by atoms with Crippen molar-refractivity contribution in [2.75, 3.05) is 29.9 Å². The Morgan fingerprint density at radius 3 is 2.85 bits per heavy atom. The number of nitrogens with one attached hydrogen (secondary N) is 2. The first-order valence-corrected chi connectivity index (χ1v) is 12.3. The number of H-pyrrole nitrogens is 1. The van der Waals surface area contributed by atoms with Gasteiger partial charge in [-0.1, -0.05) is 11.6 Å². The van der Waals surface area contributed by atoms with Crippen LogP contribution in [-0.2, 0) is 4.79 Å². The van der Waals surface area contributed by atoms with Gasteiger partial charge in [0.25, 0.3) is 0 Å². The van der Waals surface area contributed by atoms with Gasteiger partial charge in [0.1, 0.15) is 23.8 Å². The normalized spacial score (nSPS) is 23.6. The smallest absolute Gasteiger partial charge is 0.245 e. The molecule has 33 heavy (non-hydrogen) atoms. The zero-order chi connectivity index (χ0) is 22.5. The first-order valence-electron chi connectivity index (χ1n) is 11.9. The number of fused-ring (bicyclic) bond motifs is 2. The Hall–Kier alpha value is -2.80. The molecule has 2 aromatic heterocycles. The molecular weight excluding hydrogens is 436 g/mol. The summed E-state index contributed by atoms with van der Waals surface area (Å²) in [5.74, 6) is 2.20. The highest BCUT2D eigenvalue weighted by atomic mass is 35.5. The highest BCUT2D eigenvalue weighted by molar-refractivity contribution is 6.30. The van der Waals surface area contributed by atoms with Crippen molar-refractivity contribution in [2.24, 2.45) is 11.8 Å². The summed E-state index contributed by atoms with van der Waals surface area (Å²) in [6.07, 6.45) is 7.93. The van der Waals surface area contributed by atoms with Crippen molar-refractivity contribution in [1.29, 1.82) is 0 Å². The molecule has 2 aliphatic heterocycles. The predicted molar refractivity (Wildman–Crippen MR) is 131 cm³/mol. The number of rotatable bonds is 5. The Balaban J connectivity index is 1.22. The van der Waals surface area contributed by atoms with Gasteiger partial charge in [-0.3, -0.25) is 4.79 Å². The number of halogens is 1. The summed E-state index contributed by atoms with van der Waals surface area (Å²) < 4.78 is 0. The number of anilines is 2. The van der Waals surface area contributed by atoms with Gasteiger partial charge in [-0.05, 0) is 74.3 Å². The van der Waals surface area contributed by atoms with E-state index in [1.807, 2.05) is 31.3 Å². The van der Waals surface area contributed by atoms with Crippen molar-refractivity contribution in [2.45, 2.75) is 44.7 Å². The highest BCUT2D eigenvalue weighted by Crippen LogP contribution is 2.39. The Labute approximate surface area is 198 Å². The quantitative estimate of drug-likeness (QED) is 0.590. The Morgan fingerprint density at radius 1 is 1.18 bits per heavy atom. The molecule has 0 radical (unpaired) electrons. The molecule has 3 fully saturated rings. The molecule has 1 aromatic carbocycles. The molecule has 8 heteroatoms. The molecule has 1 amide bonds. The van der Waals surface area contributed by atoms with E-state index in [0.29, 0.717) is 22.9 Å². The zero-order valence-electron chi connectivity index (χ0n) is 18.8. The number of nitrogens with zero attached hydrogens (tertiary/aromatic N) is 4. The van der Waals surface area contributed by atoms with Gasteiger partial charge >= 0.3 is 0 Å². The number of aromatic nitrogens is 3. The van der Waals surface area contributed by atoms with Gasteiger partial charge in [-0.25, -0.2) is 9.97 Å². The SMILES string of the molecule is Cc1cc(Cl)cc(NC(C(=O)N2CCC3CCN(c4ncnc5[nH]ccc45)C3C2)C2CC2)c1. The van der Waals surface area contributed by atoms with Crippen molar-refractivity contribution in [3.63, 3.8) is 0 Å². The topological polar surface area (TPSA) is 77.2 Å². The summed E-state index contributed by atoms with van der Waals surface area (Å²) >= 11 is 6.27. The molecule has 172 valence electrons. The number of piperidine rings is 1. The van der Waals surface area contributed by atoms with Crippen molar-refractivity contribution in [3.8, 4) is 0 Å². The number of carbonyl (C=O) groups is 1. The number of amides is 1. The molecule has 3 aliphatic rings. The van der Waals surface area contributed by atoms with E-state index in [-0.39, 0.29) is 11.9 Å². The van der Waals surface area contributed by atoms with Crippen LogP contribution < -0.4 is 10.2 Å². The van der Waals surface area contributed by atoms with E-state index in [4.69, 9.17) is 11.6 Å². The largest absolute Gasteiger partial charge is 0.373 e. The number of benzene rings is 1. The van der Waals surface area contributed by atoms with Gasteiger partial charge < -0.3 is 20.1 Å². The summed E-state index contributed by atoms with van der Waals surface area (Å²) in [4.78, 5) is 30.4. The van der Waals surface area contributed by atoms with Crippen molar-refractivity contribution in [3.05, 3.63) is 47.4 Å². The lowest BCUT2D eigenvalue weighted by Gasteiger charge is -2.40. The van der Waals surface area contributed by atoms with Gasteiger partial charge in [0.15, 0.2) is 0 Å². The molecule has 7 nitrogen and oxygen atoms in total. The summed E-state index contributed by atoms with van der Waals surface area (Å²) in [5, 5.41) is 5.28. The number of likely N-dealkylation sites (tertiary alicyclic amines) is 1. The summed E-state index contributed by atoms with van der Waals surface area (Å²) in [5.41, 5.74) is 2.88. The van der Waals surface area contributed by atoms with Crippen LogP contribution in [0.1, 0.15) is 31.2 Å². The lowest BCUT2D eigenvalue weighted by molar-refractivity contribution is -0.134. The van der Waals surface area contributed by atoms with Gasteiger partial charge in [-0.15, -0.1) is 0 Å². The maximum Gasteiger partial charge on any atom is 0.245 e. The Bertz CT molecular complexity index is 1170. The second kappa shape index (κ2) is 8.20. The molecule has 6 rings (SSSR count). The third-order valence-electron chi connectivity index (χ3n) is 7.50. The van der Waals surface area contributed by atoms with Gasteiger partial charge in [0.2, 0.25) is 5.91 Å². The van der Waals surface area contributed by atoms with Gasteiger partial charge in [0, 0.05) is 36.5 Å². The fourth-order valence-electron chi connectivity index (χ4n) is 5.70. The highest BCUT2D eigenvalue weighted by Gasteiger charge is 2.44. The van der Waals surface area contributed by atoms with E-state index in [2.05, 4.69) is 36.1 Å². The van der Waals surface area contributed by atoms with E-state index in [0.717, 1.165) is 73.4 Å². The zero-order valence-corrected chi connectivity index (χ0v) is 19.6. The minimum absolute atomic E-state index is 0.190. The van der Waals surface area contributed by atoms with Gasteiger partial charge in [-0.2, -0.15) is 0 Å². The molecule has 0 spiro atoms. The van der Waals surface area contributed by atoms with E-state index < -0.39 is 0 Å². The monoisotopic (exact) mass is 464 g/mol. The molecule has 2 saturated heterocycles. The summed E-state index contributed by atoms with van der Waals surface area (Å²) in [6.45, 7) is 4.58. The van der Waals surface area contributed by atoms with Crippen LogP contribution >= 0.6 is 11.6 Å². The van der Waals surface area contributed by atoms with Crippen LogP contribution in [0.5, 0.6) is 0 Å². The van der Waals surface area contributed by atoms with E-state index in [1.165, 1.54) is 0 Å². The van der Waals surface area contributed by atoms with Gasteiger partial charge in [0.05, 0.1) is 11.4 Å². The number of aromatic amines is 1. The predicted octanol–water partition coefficient (Wildman–Crippen LogP) is 4.24. The lowest BCUT2D eigenvalue weighted by Crippen LogP contribution is -2.54. The van der Waals surface area contributed by atoms with E-state index >= 15 is 0 Å². The van der Waals surface area contributed by atoms with E-state index in [9.17, 15) is 4.79 Å². The van der Waals surface area contributed by atoms with Crippen molar-refractivity contribution >= 4 is 40.0 Å². The summed E-state index contributed by atoms with van der Waals surface area (Å²) in [7, 11) is 0. The maximum atomic E-state index is 13.7.